The maximum absolute atomic E-state index is 12.3. The van der Waals surface area contributed by atoms with Gasteiger partial charge in [0.15, 0.2) is 0 Å². The fourth-order valence-electron chi connectivity index (χ4n) is 3.64. The van der Waals surface area contributed by atoms with Gasteiger partial charge >= 0.3 is 0 Å². The van der Waals surface area contributed by atoms with Crippen LogP contribution in [0, 0.1) is 3.57 Å². The molecule has 136 valence electrons. The van der Waals surface area contributed by atoms with Crippen molar-refractivity contribution < 1.29 is 9.59 Å². The van der Waals surface area contributed by atoms with Gasteiger partial charge in [0.05, 0.1) is 12.1 Å². The number of hydrogen-bond acceptors (Lipinski definition) is 2. The average molecular weight is 462 g/mol. The van der Waals surface area contributed by atoms with E-state index in [1.807, 2.05) is 24.3 Å². The Kier molecular flexibility index (Phi) is 6.29. The summed E-state index contributed by atoms with van der Waals surface area (Å²) in [5, 5.41) is 5.74. The first kappa shape index (κ1) is 18.9. The summed E-state index contributed by atoms with van der Waals surface area (Å²) in [6.07, 6.45) is 4.56. The predicted molar refractivity (Wildman–Crippen MR) is 111 cm³/mol. The number of carbonyl (C=O) groups is 2. The Bertz CT molecular complexity index is 771. The van der Waals surface area contributed by atoms with Crippen molar-refractivity contribution in [1.29, 1.82) is 0 Å². The molecule has 26 heavy (non-hydrogen) atoms. The SMILES string of the molecule is O=C(CNC(=O)c1ccccc1I)NCC1(c2ccccc2)CCCC1. The quantitative estimate of drug-likeness (QED) is 0.645. The van der Waals surface area contributed by atoms with E-state index in [1.54, 1.807) is 6.07 Å². The van der Waals surface area contributed by atoms with Crippen LogP contribution in [0.25, 0.3) is 0 Å². The molecule has 0 heterocycles. The number of carbonyl (C=O) groups excluding carboxylic acids is 2. The first-order valence-electron chi connectivity index (χ1n) is 8.96. The van der Waals surface area contributed by atoms with Gasteiger partial charge in [0.25, 0.3) is 5.91 Å². The lowest BCUT2D eigenvalue weighted by molar-refractivity contribution is -0.120. The van der Waals surface area contributed by atoms with Gasteiger partial charge in [0.2, 0.25) is 5.91 Å². The average Bonchev–Trinajstić information content (AvgIpc) is 3.16. The molecule has 2 N–H and O–H groups in total. The summed E-state index contributed by atoms with van der Waals surface area (Å²) in [5.74, 6) is -0.365. The van der Waals surface area contributed by atoms with Crippen LogP contribution in [0.15, 0.2) is 54.6 Å². The molecule has 1 aliphatic carbocycles. The summed E-state index contributed by atoms with van der Waals surface area (Å²) in [5.41, 5.74) is 1.91. The molecular weight excluding hydrogens is 439 g/mol. The highest BCUT2D eigenvalue weighted by molar-refractivity contribution is 14.1. The Morgan fingerprint density at radius 2 is 1.58 bits per heavy atom. The Labute approximate surface area is 167 Å². The molecule has 2 aromatic carbocycles. The van der Waals surface area contributed by atoms with Crippen LogP contribution in [0.5, 0.6) is 0 Å². The summed E-state index contributed by atoms with van der Waals surface area (Å²) in [7, 11) is 0. The Morgan fingerprint density at radius 3 is 2.27 bits per heavy atom. The van der Waals surface area contributed by atoms with Crippen molar-refractivity contribution in [1.82, 2.24) is 10.6 Å². The van der Waals surface area contributed by atoms with Crippen LogP contribution in [0.2, 0.25) is 0 Å². The monoisotopic (exact) mass is 462 g/mol. The third-order valence-corrected chi connectivity index (χ3v) is 6.04. The summed E-state index contributed by atoms with van der Waals surface area (Å²) in [6, 6.07) is 17.8. The summed E-state index contributed by atoms with van der Waals surface area (Å²) < 4.78 is 0.872. The minimum absolute atomic E-state index is 0.00528. The second kappa shape index (κ2) is 8.66. The van der Waals surface area contributed by atoms with E-state index in [4.69, 9.17) is 0 Å². The summed E-state index contributed by atoms with van der Waals surface area (Å²) >= 11 is 2.12. The molecule has 0 spiro atoms. The van der Waals surface area contributed by atoms with Gasteiger partial charge in [-0.15, -0.1) is 0 Å². The van der Waals surface area contributed by atoms with Crippen molar-refractivity contribution >= 4 is 34.4 Å². The van der Waals surface area contributed by atoms with E-state index in [2.05, 4.69) is 57.5 Å². The first-order valence-corrected chi connectivity index (χ1v) is 10.0. The van der Waals surface area contributed by atoms with Crippen LogP contribution in [0.1, 0.15) is 41.6 Å². The van der Waals surface area contributed by atoms with Crippen LogP contribution < -0.4 is 10.6 Å². The second-order valence-corrected chi connectivity index (χ2v) is 7.95. The molecule has 0 atom stereocenters. The van der Waals surface area contributed by atoms with Gasteiger partial charge in [-0.05, 0) is 53.1 Å². The molecule has 4 nitrogen and oxygen atoms in total. The predicted octanol–water partition coefficient (Wildman–Crippen LogP) is 3.65. The molecule has 5 heteroatoms. The van der Waals surface area contributed by atoms with E-state index >= 15 is 0 Å². The van der Waals surface area contributed by atoms with Gasteiger partial charge in [0, 0.05) is 15.5 Å². The lowest BCUT2D eigenvalue weighted by atomic mass is 9.79. The summed E-state index contributed by atoms with van der Waals surface area (Å²) in [6.45, 7) is 0.614. The smallest absolute Gasteiger partial charge is 0.252 e. The van der Waals surface area contributed by atoms with Crippen molar-refractivity contribution in [2.45, 2.75) is 31.1 Å². The summed E-state index contributed by atoms with van der Waals surface area (Å²) in [4.78, 5) is 24.5. The molecule has 0 aromatic heterocycles. The minimum Gasteiger partial charge on any atom is -0.354 e. The molecule has 0 radical (unpaired) electrons. The number of rotatable bonds is 6. The van der Waals surface area contributed by atoms with E-state index in [-0.39, 0.29) is 23.8 Å². The van der Waals surface area contributed by atoms with Gasteiger partial charge in [-0.2, -0.15) is 0 Å². The number of nitrogens with one attached hydrogen (secondary N) is 2. The van der Waals surface area contributed by atoms with Crippen molar-refractivity contribution in [3.05, 3.63) is 69.3 Å². The third-order valence-electron chi connectivity index (χ3n) is 5.10. The Balaban J connectivity index is 1.55. The molecule has 0 aliphatic heterocycles. The standard InChI is InChI=1S/C21H23IN2O2/c22-18-11-5-4-10-17(18)20(26)23-14-19(25)24-15-21(12-6-7-13-21)16-8-2-1-3-9-16/h1-5,8-11H,6-7,12-15H2,(H,23,26)(H,24,25). The van der Waals surface area contributed by atoms with Crippen molar-refractivity contribution in [2.24, 2.45) is 0 Å². The topological polar surface area (TPSA) is 58.2 Å². The molecule has 1 fully saturated rings. The second-order valence-electron chi connectivity index (χ2n) is 6.79. The number of halogens is 1. The van der Waals surface area contributed by atoms with E-state index in [0.717, 1.165) is 16.4 Å². The van der Waals surface area contributed by atoms with Crippen LogP contribution in [0.4, 0.5) is 0 Å². The maximum Gasteiger partial charge on any atom is 0.252 e. The highest BCUT2D eigenvalue weighted by Crippen LogP contribution is 2.40. The lowest BCUT2D eigenvalue weighted by Crippen LogP contribution is -2.43. The zero-order valence-electron chi connectivity index (χ0n) is 14.6. The van der Waals surface area contributed by atoms with E-state index < -0.39 is 0 Å². The van der Waals surface area contributed by atoms with Crippen molar-refractivity contribution in [3.63, 3.8) is 0 Å². The third kappa shape index (κ3) is 4.44. The van der Waals surface area contributed by atoms with Crippen molar-refractivity contribution in [2.75, 3.05) is 13.1 Å². The van der Waals surface area contributed by atoms with Gasteiger partial charge < -0.3 is 10.6 Å². The number of hydrogen-bond donors (Lipinski definition) is 2. The van der Waals surface area contributed by atoms with E-state index in [0.29, 0.717) is 12.1 Å². The number of benzene rings is 2. The zero-order valence-corrected chi connectivity index (χ0v) is 16.8. The maximum atomic E-state index is 12.3. The molecule has 1 aliphatic rings. The molecule has 0 unspecified atom stereocenters. The fraction of sp³-hybridized carbons (Fsp3) is 0.333. The van der Waals surface area contributed by atoms with Crippen LogP contribution in [-0.4, -0.2) is 24.9 Å². The minimum atomic E-state index is -0.219. The van der Waals surface area contributed by atoms with Gasteiger partial charge in [-0.1, -0.05) is 55.3 Å². The largest absolute Gasteiger partial charge is 0.354 e. The van der Waals surface area contributed by atoms with E-state index in [1.165, 1.54) is 18.4 Å². The van der Waals surface area contributed by atoms with Crippen LogP contribution in [0.3, 0.4) is 0 Å². The van der Waals surface area contributed by atoms with Gasteiger partial charge in [0.1, 0.15) is 0 Å². The molecule has 0 saturated heterocycles. The normalized spacial score (nSPS) is 15.4. The molecule has 1 saturated carbocycles. The molecular formula is C21H23IN2O2. The highest BCUT2D eigenvalue weighted by atomic mass is 127. The van der Waals surface area contributed by atoms with Crippen molar-refractivity contribution in [3.8, 4) is 0 Å². The Hall–Kier alpha value is -1.89. The zero-order chi connectivity index (χ0) is 18.4. The molecule has 3 rings (SSSR count). The Morgan fingerprint density at radius 1 is 0.923 bits per heavy atom. The van der Waals surface area contributed by atoms with Gasteiger partial charge in [-0.25, -0.2) is 0 Å². The molecule has 2 amide bonds. The highest BCUT2D eigenvalue weighted by Gasteiger charge is 2.35. The first-order chi connectivity index (χ1) is 12.6. The van der Waals surface area contributed by atoms with Crippen LogP contribution >= 0.6 is 22.6 Å². The van der Waals surface area contributed by atoms with Gasteiger partial charge in [-0.3, -0.25) is 9.59 Å². The number of amides is 2. The van der Waals surface area contributed by atoms with E-state index in [9.17, 15) is 9.59 Å². The molecule has 0 bridgehead atoms. The lowest BCUT2D eigenvalue weighted by Gasteiger charge is -2.30. The van der Waals surface area contributed by atoms with Crippen LogP contribution in [-0.2, 0) is 10.2 Å². The molecule has 2 aromatic rings. The fourth-order valence-corrected chi connectivity index (χ4v) is 4.27.